The van der Waals surface area contributed by atoms with E-state index >= 15 is 0 Å². The number of carbonyl (C=O) groups excluding carboxylic acids is 2. The average molecular weight is 326 g/mol. The Morgan fingerprint density at radius 2 is 1.67 bits per heavy atom. The predicted molar refractivity (Wildman–Crippen MR) is 95.6 cm³/mol. The van der Waals surface area contributed by atoms with Gasteiger partial charge in [-0.2, -0.15) is 0 Å². The molecule has 0 saturated carbocycles. The molecule has 0 aliphatic heterocycles. The first-order valence-electron chi connectivity index (χ1n) is 7.69. The molecule has 2 aromatic carbocycles. The van der Waals surface area contributed by atoms with E-state index in [4.69, 9.17) is 4.74 Å². The molecule has 126 valence electrons. The molecule has 0 aromatic heterocycles. The van der Waals surface area contributed by atoms with E-state index in [0.717, 1.165) is 22.5 Å². The molecule has 0 aliphatic carbocycles. The van der Waals surface area contributed by atoms with Gasteiger partial charge in [0, 0.05) is 25.5 Å². The van der Waals surface area contributed by atoms with Crippen LogP contribution in [0, 0.1) is 13.8 Å². The molecule has 0 aliphatic rings. The van der Waals surface area contributed by atoms with Gasteiger partial charge in [-0.3, -0.25) is 4.79 Å². The van der Waals surface area contributed by atoms with E-state index in [9.17, 15) is 9.59 Å². The molecule has 0 heterocycles. The lowest BCUT2D eigenvalue weighted by atomic mass is 10.1. The van der Waals surface area contributed by atoms with Crippen molar-refractivity contribution in [1.29, 1.82) is 0 Å². The smallest absolute Gasteiger partial charge is 0.338 e. The third-order valence-corrected chi connectivity index (χ3v) is 3.68. The van der Waals surface area contributed by atoms with Gasteiger partial charge in [0.05, 0.1) is 5.56 Å². The number of carbonyl (C=O) groups is 2. The van der Waals surface area contributed by atoms with Gasteiger partial charge in [-0.05, 0) is 43.2 Å². The predicted octanol–water partition coefficient (Wildman–Crippen LogP) is 3.16. The molecule has 5 heteroatoms. The summed E-state index contributed by atoms with van der Waals surface area (Å²) in [6.07, 6.45) is 0. The summed E-state index contributed by atoms with van der Waals surface area (Å²) in [4.78, 5) is 26.0. The molecular formula is C19H22N2O3. The van der Waals surface area contributed by atoms with Crippen LogP contribution in [0.5, 0.6) is 0 Å². The molecule has 1 N–H and O–H groups in total. The number of nitrogens with one attached hydrogen (secondary N) is 1. The average Bonchev–Trinajstić information content (AvgIpc) is 2.56. The van der Waals surface area contributed by atoms with E-state index < -0.39 is 5.97 Å². The Labute approximate surface area is 142 Å². The molecular weight excluding hydrogens is 304 g/mol. The summed E-state index contributed by atoms with van der Waals surface area (Å²) in [6.45, 7) is 3.52. The number of benzene rings is 2. The third kappa shape index (κ3) is 4.35. The Morgan fingerprint density at radius 3 is 2.29 bits per heavy atom. The van der Waals surface area contributed by atoms with Crippen LogP contribution in [0.2, 0.25) is 0 Å². The highest BCUT2D eigenvalue weighted by Crippen LogP contribution is 2.19. The van der Waals surface area contributed by atoms with E-state index in [-0.39, 0.29) is 12.5 Å². The van der Waals surface area contributed by atoms with E-state index in [1.807, 2.05) is 57.1 Å². The van der Waals surface area contributed by atoms with Crippen LogP contribution < -0.4 is 10.2 Å². The number of nitrogens with zero attached hydrogens (tertiary/aromatic N) is 1. The van der Waals surface area contributed by atoms with Crippen molar-refractivity contribution < 1.29 is 14.3 Å². The Kier molecular flexibility index (Phi) is 5.58. The van der Waals surface area contributed by atoms with Crippen molar-refractivity contribution in [3.63, 3.8) is 0 Å². The van der Waals surface area contributed by atoms with Gasteiger partial charge < -0.3 is 15.0 Å². The van der Waals surface area contributed by atoms with Crippen molar-refractivity contribution in [2.24, 2.45) is 0 Å². The highest BCUT2D eigenvalue weighted by molar-refractivity contribution is 5.96. The molecule has 0 bridgehead atoms. The van der Waals surface area contributed by atoms with Crippen LogP contribution in [0.1, 0.15) is 21.5 Å². The topological polar surface area (TPSA) is 58.6 Å². The lowest BCUT2D eigenvalue weighted by Crippen LogP contribution is -2.22. The number of para-hydroxylation sites is 1. The van der Waals surface area contributed by atoms with Crippen LogP contribution >= 0.6 is 0 Å². The van der Waals surface area contributed by atoms with Crippen LogP contribution in [0.25, 0.3) is 0 Å². The number of hydrogen-bond acceptors (Lipinski definition) is 4. The Balaban J connectivity index is 1.96. The first-order valence-corrected chi connectivity index (χ1v) is 7.69. The largest absolute Gasteiger partial charge is 0.452 e. The SMILES string of the molecule is Cc1cccc(C)c1NC(=O)COC(=O)c1cccc(N(C)C)c1. The summed E-state index contributed by atoms with van der Waals surface area (Å²) >= 11 is 0. The number of aryl methyl sites for hydroxylation is 2. The zero-order chi connectivity index (χ0) is 17.7. The number of esters is 1. The second-order valence-corrected chi connectivity index (χ2v) is 5.84. The maximum absolute atomic E-state index is 12.1. The van der Waals surface area contributed by atoms with Crippen molar-refractivity contribution >= 4 is 23.3 Å². The molecule has 2 rings (SSSR count). The minimum Gasteiger partial charge on any atom is -0.452 e. The van der Waals surface area contributed by atoms with Gasteiger partial charge in [0.25, 0.3) is 5.91 Å². The van der Waals surface area contributed by atoms with Gasteiger partial charge in [0.2, 0.25) is 0 Å². The quantitative estimate of drug-likeness (QED) is 0.858. The van der Waals surface area contributed by atoms with E-state index in [1.165, 1.54) is 0 Å². The molecule has 0 unspecified atom stereocenters. The molecule has 5 nitrogen and oxygen atoms in total. The van der Waals surface area contributed by atoms with Gasteiger partial charge in [-0.25, -0.2) is 4.79 Å². The maximum Gasteiger partial charge on any atom is 0.338 e. The molecule has 0 spiro atoms. The Bertz CT molecular complexity index is 734. The monoisotopic (exact) mass is 326 g/mol. The second kappa shape index (κ2) is 7.64. The van der Waals surface area contributed by atoms with E-state index in [2.05, 4.69) is 5.32 Å². The minimum absolute atomic E-state index is 0.321. The fourth-order valence-corrected chi connectivity index (χ4v) is 2.31. The fourth-order valence-electron chi connectivity index (χ4n) is 2.31. The van der Waals surface area contributed by atoms with Crippen LogP contribution in [-0.2, 0) is 9.53 Å². The Hall–Kier alpha value is -2.82. The summed E-state index contributed by atoms with van der Waals surface area (Å²) in [5, 5.41) is 2.79. The van der Waals surface area contributed by atoms with Crippen molar-refractivity contribution in [2.45, 2.75) is 13.8 Å². The normalized spacial score (nSPS) is 10.2. The minimum atomic E-state index is -0.518. The van der Waals surface area contributed by atoms with Crippen molar-refractivity contribution in [2.75, 3.05) is 30.9 Å². The van der Waals surface area contributed by atoms with E-state index in [0.29, 0.717) is 5.56 Å². The van der Waals surface area contributed by atoms with Crippen molar-refractivity contribution in [1.82, 2.24) is 0 Å². The van der Waals surface area contributed by atoms with Gasteiger partial charge in [0.15, 0.2) is 6.61 Å². The van der Waals surface area contributed by atoms with Crippen molar-refractivity contribution in [3.05, 3.63) is 59.2 Å². The maximum atomic E-state index is 12.1. The number of ether oxygens (including phenoxy) is 1. The summed E-state index contributed by atoms with van der Waals surface area (Å²) in [5.74, 6) is -0.875. The number of amides is 1. The van der Waals surface area contributed by atoms with Gasteiger partial charge >= 0.3 is 5.97 Å². The molecule has 2 aromatic rings. The summed E-state index contributed by atoms with van der Waals surface area (Å²) < 4.78 is 5.11. The van der Waals surface area contributed by atoms with Crippen LogP contribution in [0.3, 0.4) is 0 Å². The standard InChI is InChI=1S/C19H22N2O3/c1-13-7-5-8-14(2)18(13)20-17(22)12-24-19(23)15-9-6-10-16(11-15)21(3)4/h5-11H,12H2,1-4H3,(H,20,22). The summed E-state index contributed by atoms with van der Waals surface area (Å²) in [7, 11) is 3.78. The number of rotatable bonds is 5. The highest BCUT2D eigenvalue weighted by atomic mass is 16.5. The molecule has 0 fully saturated rings. The van der Waals surface area contributed by atoms with Gasteiger partial charge in [-0.15, -0.1) is 0 Å². The number of hydrogen-bond donors (Lipinski definition) is 1. The van der Waals surface area contributed by atoms with Crippen LogP contribution in [0.15, 0.2) is 42.5 Å². The van der Waals surface area contributed by atoms with Gasteiger partial charge in [-0.1, -0.05) is 24.3 Å². The molecule has 0 atom stereocenters. The molecule has 0 radical (unpaired) electrons. The van der Waals surface area contributed by atoms with Crippen LogP contribution in [0.4, 0.5) is 11.4 Å². The molecule has 0 saturated heterocycles. The summed E-state index contributed by atoms with van der Waals surface area (Å²) in [5.41, 5.74) is 4.00. The second-order valence-electron chi connectivity index (χ2n) is 5.84. The van der Waals surface area contributed by atoms with Gasteiger partial charge in [0.1, 0.15) is 0 Å². The third-order valence-electron chi connectivity index (χ3n) is 3.68. The summed E-state index contributed by atoms with van der Waals surface area (Å²) in [6, 6.07) is 12.8. The first kappa shape index (κ1) is 17.5. The zero-order valence-corrected chi connectivity index (χ0v) is 14.4. The fraction of sp³-hybridized carbons (Fsp3) is 0.263. The van der Waals surface area contributed by atoms with E-state index in [1.54, 1.807) is 18.2 Å². The van der Waals surface area contributed by atoms with Crippen LogP contribution in [-0.4, -0.2) is 32.6 Å². The molecule has 1 amide bonds. The first-order chi connectivity index (χ1) is 11.4. The number of anilines is 2. The Morgan fingerprint density at radius 1 is 1.04 bits per heavy atom. The zero-order valence-electron chi connectivity index (χ0n) is 14.4. The van der Waals surface area contributed by atoms with Crippen molar-refractivity contribution in [3.8, 4) is 0 Å². The highest BCUT2D eigenvalue weighted by Gasteiger charge is 2.12. The lowest BCUT2D eigenvalue weighted by molar-refractivity contribution is -0.119. The molecule has 24 heavy (non-hydrogen) atoms. The lowest BCUT2D eigenvalue weighted by Gasteiger charge is -2.14.